The summed E-state index contributed by atoms with van der Waals surface area (Å²) in [5.74, 6) is 1.43. The van der Waals surface area contributed by atoms with Crippen molar-refractivity contribution in [2.45, 2.75) is 58.7 Å². The normalized spacial score (nSPS) is 20.1. The molecule has 1 fully saturated rings. The van der Waals surface area contributed by atoms with Crippen molar-refractivity contribution in [3.05, 3.63) is 41.0 Å². The largest absolute Gasteiger partial charge is 0.383 e. The van der Waals surface area contributed by atoms with E-state index in [1.54, 1.807) is 4.90 Å². The number of benzene rings is 1. The van der Waals surface area contributed by atoms with E-state index in [0.29, 0.717) is 58.1 Å². The molecule has 0 bridgehead atoms. The van der Waals surface area contributed by atoms with Crippen LogP contribution in [0.4, 0.5) is 29.0 Å². The number of pyridine rings is 2. The Morgan fingerprint density at radius 3 is 2.33 bits per heavy atom. The Morgan fingerprint density at radius 2 is 1.75 bits per heavy atom. The molecule has 0 radical (unpaired) electrons. The minimum absolute atomic E-state index is 0.00743. The van der Waals surface area contributed by atoms with Crippen molar-refractivity contribution in [3.63, 3.8) is 0 Å². The van der Waals surface area contributed by atoms with E-state index >= 15 is 0 Å². The monoisotopic (exact) mass is 486 g/mol. The van der Waals surface area contributed by atoms with Gasteiger partial charge >= 0.3 is 0 Å². The molecule has 4 heterocycles. The zero-order chi connectivity index (χ0) is 25.9. The molecule has 5 rings (SSSR count). The van der Waals surface area contributed by atoms with Gasteiger partial charge in [0.25, 0.3) is 0 Å². The second-order valence-corrected chi connectivity index (χ2v) is 10.8. The molecule has 36 heavy (non-hydrogen) atoms. The maximum Gasteiger partial charge on any atom is 0.240 e. The third kappa shape index (κ3) is 3.78. The summed E-state index contributed by atoms with van der Waals surface area (Å²) in [6.45, 7) is 11.6. The molecule has 2 aromatic heterocycles. The smallest absolute Gasteiger partial charge is 0.240 e. The van der Waals surface area contributed by atoms with Crippen molar-refractivity contribution in [1.82, 2.24) is 4.98 Å². The molecule has 0 spiro atoms. The van der Waals surface area contributed by atoms with E-state index in [1.807, 2.05) is 38.1 Å². The standard InChI is InChI=1S/C27H31N7O2/c1-14-12-33(13-15(2)36-14)25-19(11-28)21-18-10-20(35)34(17-8-6-16(7-9-17)27(3,4)5)26(18)32-24(30)22(21)23(29)31-25/h6-9,14-15H,10,12-13H2,1-5H3,(H2,29,31)(H2,30,32)/p+1/t14-,15+. The molecule has 9 heteroatoms. The van der Waals surface area contributed by atoms with Crippen LogP contribution in [0.3, 0.4) is 0 Å². The maximum atomic E-state index is 13.3. The second-order valence-electron chi connectivity index (χ2n) is 10.8. The van der Waals surface area contributed by atoms with Crippen LogP contribution in [0, 0.1) is 11.3 Å². The number of hydrogen-bond acceptors (Lipinski definition) is 7. The van der Waals surface area contributed by atoms with Gasteiger partial charge in [0.15, 0.2) is 0 Å². The Bertz CT molecular complexity index is 1410. The van der Waals surface area contributed by atoms with E-state index in [-0.39, 0.29) is 35.8 Å². The Morgan fingerprint density at radius 1 is 1.11 bits per heavy atom. The first-order chi connectivity index (χ1) is 17.0. The Hall–Kier alpha value is -3.90. The first-order valence-corrected chi connectivity index (χ1v) is 12.2. The molecule has 186 valence electrons. The molecule has 0 aliphatic carbocycles. The molecule has 1 aromatic carbocycles. The van der Waals surface area contributed by atoms with Crippen molar-refractivity contribution in [2.75, 3.05) is 34.4 Å². The highest BCUT2D eigenvalue weighted by atomic mass is 16.5. The number of amides is 1. The van der Waals surface area contributed by atoms with Crippen molar-refractivity contribution in [2.24, 2.45) is 0 Å². The van der Waals surface area contributed by atoms with Gasteiger partial charge in [-0.2, -0.15) is 5.26 Å². The number of morpholine rings is 1. The number of nitrogens with two attached hydrogens (primary N) is 2. The number of nitrogens with one attached hydrogen (secondary N) is 1. The summed E-state index contributed by atoms with van der Waals surface area (Å²) >= 11 is 0. The van der Waals surface area contributed by atoms with Gasteiger partial charge in [-0.3, -0.25) is 14.6 Å². The van der Waals surface area contributed by atoms with Gasteiger partial charge in [0.2, 0.25) is 17.5 Å². The molecule has 3 aromatic rings. The lowest BCUT2D eigenvalue weighted by Crippen LogP contribution is -2.48. The highest BCUT2D eigenvalue weighted by Gasteiger charge is 2.37. The quantitative estimate of drug-likeness (QED) is 0.568. The van der Waals surface area contributed by atoms with E-state index in [1.165, 1.54) is 0 Å². The van der Waals surface area contributed by atoms with Crippen LogP contribution in [0.1, 0.15) is 51.3 Å². The number of carbonyl (C=O) groups is 1. The molecule has 2 aliphatic heterocycles. The fraction of sp³-hybridized carbons (Fsp3) is 0.407. The van der Waals surface area contributed by atoms with Gasteiger partial charge in [0.05, 0.1) is 42.8 Å². The van der Waals surface area contributed by atoms with Crippen molar-refractivity contribution in [3.8, 4) is 6.07 Å². The number of fused-ring (bicyclic) bond motifs is 3. The topological polar surface area (TPSA) is 136 Å². The summed E-state index contributed by atoms with van der Waals surface area (Å²) in [6, 6.07) is 10.3. The van der Waals surface area contributed by atoms with Crippen LogP contribution in [0.2, 0.25) is 0 Å². The van der Waals surface area contributed by atoms with E-state index in [9.17, 15) is 10.1 Å². The number of nitrogen functional groups attached to an aromatic ring is 2. The number of aromatic nitrogens is 2. The molecule has 9 nitrogen and oxygen atoms in total. The number of hydrogen-bond donors (Lipinski definition) is 2. The van der Waals surface area contributed by atoms with Crippen LogP contribution in [0.5, 0.6) is 0 Å². The van der Waals surface area contributed by atoms with Gasteiger partial charge in [-0.25, -0.2) is 9.97 Å². The van der Waals surface area contributed by atoms with Crippen molar-refractivity contribution >= 4 is 45.6 Å². The molecule has 2 aliphatic rings. The summed E-state index contributed by atoms with van der Waals surface area (Å²) in [7, 11) is 0. The van der Waals surface area contributed by atoms with E-state index in [2.05, 4.69) is 41.7 Å². The molecular formula is C27H32N7O2+. The summed E-state index contributed by atoms with van der Waals surface area (Å²) < 4.78 is 5.88. The van der Waals surface area contributed by atoms with Gasteiger partial charge in [0.1, 0.15) is 23.3 Å². The second kappa shape index (κ2) is 8.35. The van der Waals surface area contributed by atoms with Gasteiger partial charge < -0.3 is 16.2 Å². The zero-order valence-corrected chi connectivity index (χ0v) is 21.3. The van der Waals surface area contributed by atoms with Crippen LogP contribution in [0.25, 0.3) is 10.8 Å². The average molecular weight is 487 g/mol. The summed E-state index contributed by atoms with van der Waals surface area (Å²) in [4.78, 5) is 24.8. The lowest BCUT2D eigenvalue weighted by molar-refractivity contribution is -0.345. The number of nitrogens with zero attached hydrogens (tertiary/aromatic N) is 4. The van der Waals surface area contributed by atoms with Gasteiger partial charge in [-0.05, 0) is 37.0 Å². The maximum absolute atomic E-state index is 13.3. The van der Waals surface area contributed by atoms with Gasteiger partial charge in [0, 0.05) is 10.9 Å². The number of nitriles is 1. The molecular weight excluding hydrogens is 454 g/mol. The van der Waals surface area contributed by atoms with Crippen molar-refractivity contribution in [1.29, 1.82) is 5.26 Å². The van der Waals surface area contributed by atoms with Crippen LogP contribution >= 0.6 is 0 Å². The molecule has 1 amide bonds. The number of carbonyl (C=O) groups excluding carboxylic acids is 1. The lowest BCUT2D eigenvalue weighted by Gasteiger charge is -2.33. The van der Waals surface area contributed by atoms with E-state index < -0.39 is 0 Å². The number of ether oxygens (including phenoxy) is 1. The van der Waals surface area contributed by atoms with E-state index in [4.69, 9.17) is 16.2 Å². The van der Waals surface area contributed by atoms with Gasteiger partial charge in [-0.15, -0.1) is 0 Å². The minimum atomic E-state index is -0.127. The van der Waals surface area contributed by atoms with Crippen LogP contribution < -0.4 is 26.3 Å². The molecule has 5 N–H and O–H groups in total. The molecule has 0 saturated carbocycles. The summed E-state index contributed by atoms with van der Waals surface area (Å²) in [5, 5.41) is 11.4. The summed E-state index contributed by atoms with van der Waals surface area (Å²) in [6.07, 6.45) is 0.0899. The van der Waals surface area contributed by atoms with Crippen molar-refractivity contribution < 1.29 is 14.5 Å². The van der Waals surface area contributed by atoms with Crippen LogP contribution in [0.15, 0.2) is 24.3 Å². The number of rotatable bonds is 2. The first kappa shape index (κ1) is 23.8. The Kier molecular flexibility index (Phi) is 5.52. The lowest BCUT2D eigenvalue weighted by atomic mass is 9.87. The minimum Gasteiger partial charge on any atom is -0.383 e. The SMILES string of the molecule is C[C@@H]1CN(c2[nH+]c(N)c3c(N)nc4c(c3c2C#N)CC(=O)N4c2ccc(C(C)(C)C)cc2)C[C@H](C)O1. The highest BCUT2D eigenvalue weighted by Crippen LogP contribution is 2.43. The number of anilines is 5. The predicted molar refractivity (Wildman–Crippen MR) is 140 cm³/mol. The molecule has 1 saturated heterocycles. The third-order valence-electron chi connectivity index (χ3n) is 6.94. The predicted octanol–water partition coefficient (Wildman–Crippen LogP) is 3.22. The Labute approximate surface area is 210 Å². The number of aromatic amines is 1. The highest BCUT2D eigenvalue weighted by molar-refractivity contribution is 6.15. The average Bonchev–Trinajstić information content (AvgIpc) is 3.13. The fourth-order valence-electron chi connectivity index (χ4n) is 5.33. The van der Waals surface area contributed by atoms with Gasteiger partial charge in [-0.1, -0.05) is 32.9 Å². The number of H-pyrrole nitrogens is 1. The fourth-order valence-corrected chi connectivity index (χ4v) is 5.33. The van der Waals surface area contributed by atoms with Crippen LogP contribution in [-0.2, 0) is 21.4 Å². The van der Waals surface area contributed by atoms with E-state index in [0.717, 1.165) is 5.56 Å². The molecule has 2 atom stereocenters. The van der Waals surface area contributed by atoms with Crippen LogP contribution in [-0.4, -0.2) is 36.2 Å². The Balaban J connectivity index is 1.70. The molecule has 0 unspecified atom stereocenters. The summed E-state index contributed by atoms with van der Waals surface area (Å²) in [5.41, 5.74) is 15.8. The first-order valence-electron chi connectivity index (χ1n) is 12.2. The zero-order valence-electron chi connectivity index (χ0n) is 21.3. The third-order valence-corrected chi connectivity index (χ3v) is 6.94.